The zero-order chi connectivity index (χ0) is 13.3. The largest absolute Gasteiger partial charge is 0.493 e. The van der Waals surface area contributed by atoms with Crippen LogP contribution in [0.15, 0.2) is 18.2 Å². The van der Waals surface area contributed by atoms with Gasteiger partial charge in [-0.3, -0.25) is 0 Å². The molecule has 1 saturated carbocycles. The third kappa shape index (κ3) is 2.93. The van der Waals surface area contributed by atoms with Gasteiger partial charge in [0.15, 0.2) is 0 Å². The highest BCUT2D eigenvalue weighted by Gasteiger charge is 2.42. The molecule has 19 heavy (non-hydrogen) atoms. The van der Waals surface area contributed by atoms with Gasteiger partial charge in [0.25, 0.3) is 0 Å². The van der Waals surface area contributed by atoms with E-state index in [1.165, 1.54) is 30.5 Å². The fourth-order valence-electron chi connectivity index (χ4n) is 3.22. The van der Waals surface area contributed by atoms with E-state index < -0.39 is 0 Å². The Morgan fingerprint density at radius 3 is 2.95 bits per heavy atom. The van der Waals surface area contributed by atoms with Crippen LogP contribution in [0.25, 0.3) is 0 Å². The first-order valence-corrected chi connectivity index (χ1v) is 7.29. The molecule has 1 aromatic carbocycles. The van der Waals surface area contributed by atoms with Crippen LogP contribution < -0.4 is 10.1 Å². The zero-order valence-electron chi connectivity index (χ0n) is 12.0. The van der Waals surface area contributed by atoms with Gasteiger partial charge < -0.3 is 15.0 Å². The average molecular weight is 260 g/mol. The second-order valence-electron chi connectivity index (χ2n) is 6.24. The number of benzene rings is 1. The van der Waals surface area contributed by atoms with Crippen molar-refractivity contribution in [3.8, 4) is 5.75 Å². The molecule has 3 heteroatoms. The number of hydrogen-bond donors (Lipinski definition) is 1. The van der Waals surface area contributed by atoms with Crippen molar-refractivity contribution in [1.29, 1.82) is 0 Å². The van der Waals surface area contributed by atoms with Gasteiger partial charge in [0, 0.05) is 26.1 Å². The molecule has 3 rings (SSSR count). The van der Waals surface area contributed by atoms with E-state index in [2.05, 4.69) is 42.5 Å². The lowest BCUT2D eigenvalue weighted by atomic mass is 10.1. The fraction of sp³-hybridized carbons (Fsp3) is 0.625. The molecule has 1 aliphatic heterocycles. The molecule has 0 radical (unpaired) electrons. The summed E-state index contributed by atoms with van der Waals surface area (Å²) in [6, 6.07) is 6.65. The third-order valence-corrected chi connectivity index (χ3v) is 4.32. The molecule has 0 unspecified atom stereocenters. The van der Waals surface area contributed by atoms with Crippen molar-refractivity contribution >= 4 is 0 Å². The van der Waals surface area contributed by atoms with E-state index in [1.54, 1.807) is 0 Å². The van der Waals surface area contributed by atoms with Crippen molar-refractivity contribution in [2.24, 2.45) is 5.41 Å². The lowest BCUT2D eigenvalue weighted by molar-refractivity contribution is 0.252. The molecule has 0 atom stereocenters. The first-order valence-electron chi connectivity index (χ1n) is 7.29. The predicted octanol–water partition coefficient (Wildman–Crippen LogP) is 2.05. The van der Waals surface area contributed by atoms with Crippen LogP contribution in [0.1, 0.15) is 24.0 Å². The molecule has 0 aromatic heterocycles. The monoisotopic (exact) mass is 260 g/mol. The molecular weight excluding hydrogens is 236 g/mol. The maximum atomic E-state index is 5.56. The SMILES string of the molecule is CNCC1(CN(C)Cc2ccc3c(c2)CCO3)CC1. The Balaban J connectivity index is 1.59. The van der Waals surface area contributed by atoms with Crippen LogP contribution in [0.5, 0.6) is 5.75 Å². The summed E-state index contributed by atoms with van der Waals surface area (Å²) >= 11 is 0. The van der Waals surface area contributed by atoms with E-state index in [9.17, 15) is 0 Å². The van der Waals surface area contributed by atoms with Gasteiger partial charge in [-0.25, -0.2) is 0 Å². The Kier molecular flexibility index (Phi) is 3.50. The number of rotatable bonds is 6. The van der Waals surface area contributed by atoms with E-state index in [4.69, 9.17) is 4.74 Å². The maximum Gasteiger partial charge on any atom is 0.122 e. The standard InChI is InChI=1S/C16H24N2O/c1-17-11-16(6-7-16)12-18(2)10-13-3-4-15-14(9-13)5-8-19-15/h3-4,9,17H,5-8,10-12H2,1-2H3. The highest BCUT2D eigenvalue weighted by Crippen LogP contribution is 2.45. The molecule has 0 saturated heterocycles. The topological polar surface area (TPSA) is 24.5 Å². The van der Waals surface area contributed by atoms with Crippen LogP contribution in [-0.2, 0) is 13.0 Å². The second-order valence-corrected chi connectivity index (χ2v) is 6.24. The van der Waals surface area contributed by atoms with E-state index in [-0.39, 0.29) is 0 Å². The van der Waals surface area contributed by atoms with E-state index in [0.29, 0.717) is 5.41 Å². The van der Waals surface area contributed by atoms with Crippen LogP contribution in [-0.4, -0.2) is 38.7 Å². The van der Waals surface area contributed by atoms with E-state index in [0.717, 1.165) is 31.9 Å². The summed E-state index contributed by atoms with van der Waals surface area (Å²) in [5.41, 5.74) is 3.33. The fourth-order valence-corrected chi connectivity index (χ4v) is 3.22. The van der Waals surface area contributed by atoms with E-state index >= 15 is 0 Å². The van der Waals surface area contributed by atoms with Gasteiger partial charge in [-0.2, -0.15) is 0 Å². The molecule has 0 spiro atoms. The van der Waals surface area contributed by atoms with Gasteiger partial charge >= 0.3 is 0 Å². The Bertz CT molecular complexity index is 454. The summed E-state index contributed by atoms with van der Waals surface area (Å²) in [6.07, 6.45) is 3.81. The van der Waals surface area contributed by atoms with Crippen LogP contribution in [0.3, 0.4) is 0 Å². The number of nitrogens with one attached hydrogen (secondary N) is 1. The average Bonchev–Trinajstić information content (AvgIpc) is 2.96. The lowest BCUT2D eigenvalue weighted by Crippen LogP contribution is -2.32. The minimum atomic E-state index is 0.545. The quantitative estimate of drug-likeness (QED) is 0.847. The highest BCUT2D eigenvalue weighted by molar-refractivity contribution is 5.39. The van der Waals surface area contributed by atoms with Crippen LogP contribution >= 0.6 is 0 Å². The molecule has 1 aliphatic carbocycles. The van der Waals surface area contributed by atoms with Crippen molar-refractivity contribution < 1.29 is 4.74 Å². The number of ether oxygens (including phenoxy) is 1. The molecule has 104 valence electrons. The first-order chi connectivity index (χ1) is 9.21. The molecule has 1 N–H and O–H groups in total. The highest BCUT2D eigenvalue weighted by atomic mass is 16.5. The Hall–Kier alpha value is -1.06. The molecule has 1 aromatic rings. The van der Waals surface area contributed by atoms with Gasteiger partial charge in [0.05, 0.1) is 6.61 Å². The van der Waals surface area contributed by atoms with E-state index in [1.807, 2.05) is 0 Å². The van der Waals surface area contributed by atoms with Crippen molar-refractivity contribution in [2.45, 2.75) is 25.8 Å². The molecule has 2 aliphatic rings. The van der Waals surface area contributed by atoms with Crippen molar-refractivity contribution in [3.63, 3.8) is 0 Å². The summed E-state index contributed by atoms with van der Waals surface area (Å²) in [5, 5.41) is 3.33. The molecule has 0 amide bonds. The third-order valence-electron chi connectivity index (χ3n) is 4.32. The summed E-state index contributed by atoms with van der Waals surface area (Å²) in [6.45, 7) is 4.23. The summed E-state index contributed by atoms with van der Waals surface area (Å²) in [4.78, 5) is 2.46. The van der Waals surface area contributed by atoms with Crippen molar-refractivity contribution in [2.75, 3.05) is 33.8 Å². The van der Waals surface area contributed by atoms with Gasteiger partial charge in [-0.05, 0) is 49.5 Å². The zero-order valence-corrected chi connectivity index (χ0v) is 12.0. The first kappa shape index (κ1) is 12.9. The van der Waals surface area contributed by atoms with Gasteiger partial charge in [0.2, 0.25) is 0 Å². The molecule has 3 nitrogen and oxygen atoms in total. The van der Waals surface area contributed by atoms with Crippen LogP contribution in [0.2, 0.25) is 0 Å². The Labute approximate surface area is 115 Å². The number of fused-ring (bicyclic) bond motifs is 1. The molecule has 1 fully saturated rings. The smallest absolute Gasteiger partial charge is 0.122 e. The number of hydrogen-bond acceptors (Lipinski definition) is 3. The lowest BCUT2D eigenvalue weighted by Gasteiger charge is -2.23. The predicted molar refractivity (Wildman–Crippen MR) is 77.6 cm³/mol. The summed E-state index contributed by atoms with van der Waals surface area (Å²) < 4.78 is 5.56. The molecule has 0 bridgehead atoms. The van der Waals surface area contributed by atoms with Crippen molar-refractivity contribution in [3.05, 3.63) is 29.3 Å². The molecular formula is C16H24N2O. The van der Waals surface area contributed by atoms with Crippen molar-refractivity contribution in [1.82, 2.24) is 10.2 Å². The van der Waals surface area contributed by atoms with Crippen LogP contribution in [0, 0.1) is 5.41 Å². The minimum Gasteiger partial charge on any atom is -0.493 e. The summed E-state index contributed by atoms with van der Waals surface area (Å²) in [7, 11) is 4.29. The normalized spacial score (nSPS) is 19.3. The Morgan fingerprint density at radius 2 is 2.21 bits per heavy atom. The minimum absolute atomic E-state index is 0.545. The second kappa shape index (κ2) is 5.14. The van der Waals surface area contributed by atoms with Gasteiger partial charge in [-0.1, -0.05) is 12.1 Å². The van der Waals surface area contributed by atoms with Gasteiger partial charge in [0.1, 0.15) is 5.75 Å². The Morgan fingerprint density at radius 1 is 1.37 bits per heavy atom. The number of nitrogens with zero attached hydrogens (tertiary/aromatic N) is 1. The summed E-state index contributed by atoms with van der Waals surface area (Å²) in [5.74, 6) is 1.08. The maximum absolute atomic E-state index is 5.56. The van der Waals surface area contributed by atoms with Gasteiger partial charge in [-0.15, -0.1) is 0 Å². The molecule has 1 heterocycles. The van der Waals surface area contributed by atoms with Crippen LogP contribution in [0.4, 0.5) is 0 Å².